The Morgan fingerprint density at radius 3 is 2.41 bits per heavy atom. The summed E-state index contributed by atoms with van der Waals surface area (Å²) in [6, 6.07) is 6.12. The summed E-state index contributed by atoms with van der Waals surface area (Å²) in [5.74, 6) is -1.08. The van der Waals surface area contributed by atoms with Crippen molar-refractivity contribution in [3.63, 3.8) is 0 Å². The van der Waals surface area contributed by atoms with Crippen LogP contribution in [0.1, 0.15) is 27.7 Å². The van der Waals surface area contributed by atoms with Crippen LogP contribution in [0.2, 0.25) is 0 Å². The Hall–Kier alpha value is -1.61. The molecule has 1 aliphatic heterocycles. The summed E-state index contributed by atoms with van der Waals surface area (Å²) in [5.41, 5.74) is -0.593. The second-order valence-electron chi connectivity index (χ2n) is 7.55. The summed E-state index contributed by atoms with van der Waals surface area (Å²) < 4.78 is 30.9. The number of amides is 2. The number of benzene rings is 1. The molecule has 150 valence electrons. The topological polar surface area (TPSA) is 84.0 Å². The van der Waals surface area contributed by atoms with Crippen LogP contribution in [0.5, 0.6) is 0 Å². The first-order valence-electron chi connectivity index (χ1n) is 8.65. The summed E-state index contributed by atoms with van der Waals surface area (Å²) in [7, 11) is -3.76. The SMILES string of the molecule is C[C@@H]1CN(C(=O)OC(C)(C)C)CCN1C(=O)CS(=O)(=O)c1ccccc1Br. The fourth-order valence-electron chi connectivity index (χ4n) is 2.84. The molecule has 7 nitrogen and oxygen atoms in total. The van der Waals surface area contributed by atoms with E-state index in [4.69, 9.17) is 4.74 Å². The minimum Gasteiger partial charge on any atom is -0.444 e. The second kappa shape index (κ2) is 8.18. The van der Waals surface area contributed by atoms with Gasteiger partial charge in [-0.3, -0.25) is 4.79 Å². The first-order chi connectivity index (χ1) is 12.4. The van der Waals surface area contributed by atoms with Crippen LogP contribution in [0.4, 0.5) is 4.79 Å². The van der Waals surface area contributed by atoms with Gasteiger partial charge in [-0.1, -0.05) is 12.1 Å². The van der Waals surface area contributed by atoms with Gasteiger partial charge in [-0.15, -0.1) is 0 Å². The van der Waals surface area contributed by atoms with Gasteiger partial charge in [0.15, 0.2) is 9.84 Å². The van der Waals surface area contributed by atoms with Crippen LogP contribution in [-0.2, 0) is 19.4 Å². The molecule has 0 N–H and O–H groups in total. The lowest BCUT2D eigenvalue weighted by atomic mass is 10.2. The molecule has 0 bridgehead atoms. The third kappa shape index (κ3) is 5.68. The van der Waals surface area contributed by atoms with Gasteiger partial charge in [0.25, 0.3) is 0 Å². The molecule has 1 heterocycles. The number of carbonyl (C=O) groups is 2. The monoisotopic (exact) mass is 460 g/mol. The van der Waals surface area contributed by atoms with Crippen LogP contribution in [0.15, 0.2) is 33.6 Å². The number of piperazine rings is 1. The summed E-state index contributed by atoms with van der Waals surface area (Å²) >= 11 is 3.22. The Labute approximate surface area is 168 Å². The molecule has 1 saturated heterocycles. The number of sulfone groups is 1. The van der Waals surface area contributed by atoms with Gasteiger partial charge < -0.3 is 14.5 Å². The fourth-order valence-corrected chi connectivity index (χ4v) is 5.16. The molecule has 0 radical (unpaired) electrons. The summed E-state index contributed by atoms with van der Waals surface area (Å²) in [6.07, 6.45) is -0.428. The first kappa shape index (κ1) is 21.7. The predicted octanol–water partition coefficient (Wildman–Crippen LogP) is 2.69. The summed E-state index contributed by atoms with van der Waals surface area (Å²) in [4.78, 5) is 27.9. The number of hydrogen-bond acceptors (Lipinski definition) is 5. The number of carbonyl (C=O) groups excluding carboxylic acids is 2. The van der Waals surface area contributed by atoms with Crippen LogP contribution in [0.25, 0.3) is 0 Å². The lowest BCUT2D eigenvalue weighted by Crippen LogP contribution is -2.57. The van der Waals surface area contributed by atoms with E-state index in [0.717, 1.165) is 0 Å². The van der Waals surface area contributed by atoms with Crippen molar-refractivity contribution in [2.75, 3.05) is 25.4 Å². The lowest BCUT2D eigenvalue weighted by molar-refractivity contribution is -0.132. The van der Waals surface area contributed by atoms with Gasteiger partial charge in [0.1, 0.15) is 11.4 Å². The van der Waals surface area contributed by atoms with E-state index >= 15 is 0 Å². The molecule has 1 atom stereocenters. The molecule has 1 aromatic rings. The van der Waals surface area contributed by atoms with Crippen molar-refractivity contribution in [3.05, 3.63) is 28.7 Å². The average Bonchev–Trinajstić information content (AvgIpc) is 2.52. The molecular weight excluding hydrogens is 436 g/mol. The fraction of sp³-hybridized carbons (Fsp3) is 0.556. The summed E-state index contributed by atoms with van der Waals surface area (Å²) in [6.45, 7) is 8.04. The van der Waals surface area contributed by atoms with Gasteiger partial charge in [0, 0.05) is 30.1 Å². The van der Waals surface area contributed by atoms with E-state index in [2.05, 4.69) is 15.9 Å². The maximum Gasteiger partial charge on any atom is 0.410 e. The molecule has 1 fully saturated rings. The van der Waals surface area contributed by atoms with E-state index in [1.54, 1.807) is 50.8 Å². The maximum atomic E-state index is 12.6. The molecule has 1 aromatic carbocycles. The van der Waals surface area contributed by atoms with Crippen LogP contribution in [0.3, 0.4) is 0 Å². The van der Waals surface area contributed by atoms with E-state index in [1.807, 2.05) is 0 Å². The smallest absolute Gasteiger partial charge is 0.410 e. The number of nitrogens with zero attached hydrogens (tertiary/aromatic N) is 2. The number of hydrogen-bond donors (Lipinski definition) is 0. The normalized spacial score (nSPS) is 18.3. The summed E-state index contributed by atoms with van der Waals surface area (Å²) in [5, 5.41) is 0. The van der Waals surface area contributed by atoms with Gasteiger partial charge in [-0.2, -0.15) is 0 Å². The standard InChI is InChI=1S/C18H25BrN2O5S/c1-13-11-20(17(23)26-18(2,3)4)9-10-21(13)16(22)12-27(24,25)15-8-6-5-7-14(15)19/h5-8,13H,9-12H2,1-4H3/t13-/m1/s1. The minimum atomic E-state index is -3.76. The molecule has 0 aromatic heterocycles. The largest absolute Gasteiger partial charge is 0.444 e. The van der Waals surface area contributed by atoms with Gasteiger partial charge >= 0.3 is 6.09 Å². The van der Waals surface area contributed by atoms with Crippen molar-refractivity contribution in [2.45, 2.75) is 44.2 Å². The van der Waals surface area contributed by atoms with Gasteiger partial charge in [-0.05, 0) is 55.8 Å². The van der Waals surface area contributed by atoms with E-state index in [0.29, 0.717) is 17.6 Å². The van der Waals surface area contributed by atoms with Crippen LogP contribution in [-0.4, -0.2) is 67.2 Å². The molecule has 9 heteroatoms. The molecule has 0 spiro atoms. The highest BCUT2D eigenvalue weighted by Crippen LogP contribution is 2.23. The van der Waals surface area contributed by atoms with Crippen molar-refractivity contribution in [1.29, 1.82) is 0 Å². The van der Waals surface area contributed by atoms with Crippen LogP contribution < -0.4 is 0 Å². The van der Waals surface area contributed by atoms with E-state index < -0.39 is 33.2 Å². The van der Waals surface area contributed by atoms with Crippen molar-refractivity contribution in [2.24, 2.45) is 0 Å². The van der Waals surface area contributed by atoms with Gasteiger partial charge in [-0.25, -0.2) is 13.2 Å². The second-order valence-corrected chi connectivity index (χ2v) is 10.4. The van der Waals surface area contributed by atoms with E-state index in [1.165, 1.54) is 11.0 Å². The Kier molecular flexibility index (Phi) is 6.57. The average molecular weight is 461 g/mol. The molecule has 2 rings (SSSR count). The first-order valence-corrected chi connectivity index (χ1v) is 11.1. The zero-order chi connectivity index (χ0) is 20.4. The van der Waals surface area contributed by atoms with Crippen molar-refractivity contribution in [3.8, 4) is 0 Å². The zero-order valence-electron chi connectivity index (χ0n) is 15.9. The van der Waals surface area contributed by atoms with Crippen LogP contribution >= 0.6 is 15.9 Å². The highest BCUT2D eigenvalue weighted by molar-refractivity contribution is 9.10. The van der Waals surface area contributed by atoms with E-state index in [9.17, 15) is 18.0 Å². The zero-order valence-corrected chi connectivity index (χ0v) is 18.3. The Bertz CT molecular complexity index is 819. The Morgan fingerprint density at radius 2 is 1.85 bits per heavy atom. The van der Waals surface area contributed by atoms with Crippen molar-refractivity contribution >= 4 is 37.8 Å². The molecule has 0 aliphatic carbocycles. The molecule has 2 amide bonds. The highest BCUT2D eigenvalue weighted by atomic mass is 79.9. The highest BCUT2D eigenvalue weighted by Gasteiger charge is 2.34. The number of rotatable bonds is 3. The number of halogens is 1. The molecule has 1 aliphatic rings. The Morgan fingerprint density at radius 1 is 1.22 bits per heavy atom. The van der Waals surface area contributed by atoms with Crippen LogP contribution in [0, 0.1) is 0 Å². The minimum absolute atomic E-state index is 0.0957. The van der Waals surface area contributed by atoms with Crippen molar-refractivity contribution in [1.82, 2.24) is 9.80 Å². The third-order valence-electron chi connectivity index (χ3n) is 4.08. The quantitative estimate of drug-likeness (QED) is 0.691. The lowest BCUT2D eigenvalue weighted by Gasteiger charge is -2.40. The maximum absolute atomic E-state index is 12.6. The molecular formula is C18H25BrN2O5S. The number of ether oxygens (including phenoxy) is 1. The van der Waals surface area contributed by atoms with Gasteiger partial charge in [0.2, 0.25) is 5.91 Å². The van der Waals surface area contributed by atoms with Gasteiger partial charge in [0.05, 0.1) is 4.90 Å². The van der Waals surface area contributed by atoms with E-state index in [-0.39, 0.29) is 17.5 Å². The third-order valence-corrected chi connectivity index (χ3v) is 6.69. The predicted molar refractivity (Wildman–Crippen MR) is 105 cm³/mol. The van der Waals surface area contributed by atoms with Crippen molar-refractivity contribution < 1.29 is 22.7 Å². The molecule has 27 heavy (non-hydrogen) atoms. The molecule has 0 saturated carbocycles. The Balaban J connectivity index is 2.03. The molecule has 0 unspecified atom stereocenters.